The maximum Gasteiger partial charge on any atom is 0.224 e. The second-order valence-corrected chi connectivity index (χ2v) is 3.76. The number of hydrogen-bond acceptors (Lipinski definition) is 3. The van der Waals surface area contributed by atoms with Crippen LogP contribution in [0.3, 0.4) is 0 Å². The summed E-state index contributed by atoms with van der Waals surface area (Å²) in [7, 11) is 1.86. The van der Waals surface area contributed by atoms with E-state index in [1.807, 2.05) is 25.8 Å². The zero-order valence-corrected chi connectivity index (χ0v) is 10.5. The standard InChI is InChI=1S/C10H20N2O2.ClH/c1-8-9(2)14-7-6-12(8)10(13)4-5-11-3;/h8-9,11H,4-7H2,1-3H3;1H. The number of ether oxygens (including phenoxy) is 1. The number of nitrogens with one attached hydrogen (secondary N) is 1. The van der Waals surface area contributed by atoms with Crippen LogP contribution in [0.2, 0.25) is 0 Å². The van der Waals surface area contributed by atoms with Crippen molar-refractivity contribution in [1.29, 1.82) is 0 Å². The summed E-state index contributed by atoms with van der Waals surface area (Å²) in [5.41, 5.74) is 0. The molecule has 1 N–H and O–H groups in total. The first-order valence-electron chi connectivity index (χ1n) is 5.22. The van der Waals surface area contributed by atoms with Gasteiger partial charge >= 0.3 is 0 Å². The van der Waals surface area contributed by atoms with Gasteiger partial charge in [0.05, 0.1) is 18.8 Å². The van der Waals surface area contributed by atoms with Crippen LogP contribution >= 0.6 is 12.4 Å². The first kappa shape index (κ1) is 14.7. The van der Waals surface area contributed by atoms with Gasteiger partial charge in [0.25, 0.3) is 0 Å². The second kappa shape index (κ2) is 7.04. The second-order valence-electron chi connectivity index (χ2n) is 3.76. The Balaban J connectivity index is 0.00000196. The van der Waals surface area contributed by atoms with Crippen LogP contribution in [0.4, 0.5) is 0 Å². The van der Waals surface area contributed by atoms with Crippen LogP contribution in [0.25, 0.3) is 0 Å². The number of morpholine rings is 1. The number of hydrogen-bond donors (Lipinski definition) is 1. The fourth-order valence-electron chi connectivity index (χ4n) is 1.66. The quantitative estimate of drug-likeness (QED) is 0.783. The van der Waals surface area contributed by atoms with Crippen molar-refractivity contribution in [1.82, 2.24) is 10.2 Å². The predicted octanol–water partition coefficient (Wildman–Crippen LogP) is 0.654. The van der Waals surface area contributed by atoms with Crippen molar-refractivity contribution in [2.75, 3.05) is 26.7 Å². The lowest BCUT2D eigenvalue weighted by Gasteiger charge is -2.37. The highest BCUT2D eigenvalue weighted by Crippen LogP contribution is 2.14. The number of carbonyl (C=O) groups excluding carboxylic acids is 1. The summed E-state index contributed by atoms with van der Waals surface area (Å²) in [5.74, 6) is 0.224. The molecular formula is C10H21ClN2O2. The molecule has 0 spiro atoms. The van der Waals surface area contributed by atoms with E-state index in [1.54, 1.807) is 0 Å². The Morgan fingerprint density at radius 1 is 1.53 bits per heavy atom. The normalized spacial score (nSPS) is 25.9. The molecule has 2 atom stereocenters. The number of nitrogens with zero attached hydrogens (tertiary/aromatic N) is 1. The molecule has 4 nitrogen and oxygen atoms in total. The van der Waals surface area contributed by atoms with Gasteiger partial charge in [-0.25, -0.2) is 0 Å². The summed E-state index contributed by atoms with van der Waals surface area (Å²) in [6, 6.07) is 0.202. The van der Waals surface area contributed by atoms with Gasteiger partial charge < -0.3 is 15.0 Å². The minimum atomic E-state index is 0. The highest BCUT2D eigenvalue weighted by molar-refractivity contribution is 5.85. The van der Waals surface area contributed by atoms with Crippen molar-refractivity contribution < 1.29 is 9.53 Å². The molecule has 1 saturated heterocycles. The van der Waals surface area contributed by atoms with Gasteiger partial charge in [-0.3, -0.25) is 4.79 Å². The van der Waals surface area contributed by atoms with Gasteiger partial charge in [0, 0.05) is 19.5 Å². The van der Waals surface area contributed by atoms with Crippen LogP contribution in [0.15, 0.2) is 0 Å². The molecule has 0 aromatic heterocycles. The van der Waals surface area contributed by atoms with E-state index in [9.17, 15) is 4.79 Å². The minimum absolute atomic E-state index is 0. The largest absolute Gasteiger partial charge is 0.375 e. The molecule has 0 aromatic carbocycles. The molecule has 0 saturated carbocycles. The van der Waals surface area contributed by atoms with Gasteiger partial charge in [-0.05, 0) is 20.9 Å². The molecule has 1 aliphatic rings. The van der Waals surface area contributed by atoms with Crippen LogP contribution in [0.5, 0.6) is 0 Å². The predicted molar refractivity (Wildman–Crippen MR) is 62.4 cm³/mol. The minimum Gasteiger partial charge on any atom is -0.375 e. The molecule has 0 aliphatic carbocycles. The van der Waals surface area contributed by atoms with E-state index in [1.165, 1.54) is 0 Å². The first-order chi connectivity index (χ1) is 6.66. The third kappa shape index (κ3) is 3.97. The van der Waals surface area contributed by atoms with Crippen molar-refractivity contribution in [3.05, 3.63) is 0 Å². The monoisotopic (exact) mass is 236 g/mol. The van der Waals surface area contributed by atoms with Crippen LogP contribution in [-0.2, 0) is 9.53 Å². The van der Waals surface area contributed by atoms with Crippen molar-refractivity contribution >= 4 is 18.3 Å². The van der Waals surface area contributed by atoms with E-state index in [0.29, 0.717) is 13.0 Å². The average Bonchev–Trinajstić information content (AvgIpc) is 2.18. The number of rotatable bonds is 3. The Hall–Kier alpha value is -0.320. The van der Waals surface area contributed by atoms with Crippen molar-refractivity contribution in [3.63, 3.8) is 0 Å². The van der Waals surface area contributed by atoms with Crippen LogP contribution in [-0.4, -0.2) is 49.7 Å². The SMILES string of the molecule is CNCCC(=O)N1CCOC(C)C1C.Cl. The number of amides is 1. The van der Waals surface area contributed by atoms with Crippen molar-refractivity contribution in [2.45, 2.75) is 32.4 Å². The molecule has 2 unspecified atom stereocenters. The van der Waals surface area contributed by atoms with Crippen LogP contribution in [0, 0.1) is 0 Å². The molecule has 15 heavy (non-hydrogen) atoms. The Morgan fingerprint density at radius 2 is 2.20 bits per heavy atom. The van der Waals surface area contributed by atoms with E-state index in [4.69, 9.17) is 4.74 Å². The molecule has 1 amide bonds. The Labute approximate surface area is 97.8 Å². The fraction of sp³-hybridized carbons (Fsp3) is 0.900. The fourth-order valence-corrected chi connectivity index (χ4v) is 1.66. The summed E-state index contributed by atoms with van der Waals surface area (Å²) >= 11 is 0. The van der Waals surface area contributed by atoms with E-state index in [2.05, 4.69) is 5.32 Å². The highest BCUT2D eigenvalue weighted by atomic mass is 35.5. The molecular weight excluding hydrogens is 216 g/mol. The molecule has 0 bridgehead atoms. The maximum atomic E-state index is 11.7. The van der Waals surface area contributed by atoms with Gasteiger partial charge in [-0.1, -0.05) is 0 Å². The van der Waals surface area contributed by atoms with Crippen LogP contribution in [0.1, 0.15) is 20.3 Å². The zero-order chi connectivity index (χ0) is 10.6. The highest BCUT2D eigenvalue weighted by Gasteiger charge is 2.28. The topological polar surface area (TPSA) is 41.6 Å². The molecule has 1 rings (SSSR count). The average molecular weight is 237 g/mol. The summed E-state index contributed by atoms with van der Waals surface area (Å²) in [4.78, 5) is 13.7. The third-order valence-corrected chi connectivity index (χ3v) is 2.79. The lowest BCUT2D eigenvalue weighted by molar-refractivity contribution is -0.143. The summed E-state index contributed by atoms with van der Waals surface area (Å²) < 4.78 is 5.47. The molecule has 0 aromatic rings. The Bertz CT molecular complexity index is 202. The van der Waals surface area contributed by atoms with Gasteiger partial charge in [0.1, 0.15) is 0 Å². The molecule has 1 fully saturated rings. The Morgan fingerprint density at radius 3 is 2.80 bits per heavy atom. The first-order valence-corrected chi connectivity index (χ1v) is 5.22. The number of halogens is 1. The van der Waals surface area contributed by atoms with E-state index >= 15 is 0 Å². The molecule has 90 valence electrons. The summed E-state index contributed by atoms with van der Waals surface area (Å²) in [6.45, 7) is 6.20. The van der Waals surface area contributed by atoms with Gasteiger partial charge in [-0.15, -0.1) is 12.4 Å². The van der Waals surface area contributed by atoms with E-state index < -0.39 is 0 Å². The number of carbonyl (C=O) groups is 1. The molecule has 1 aliphatic heterocycles. The van der Waals surface area contributed by atoms with Crippen LogP contribution < -0.4 is 5.32 Å². The van der Waals surface area contributed by atoms with Gasteiger partial charge in [-0.2, -0.15) is 0 Å². The van der Waals surface area contributed by atoms with E-state index in [-0.39, 0.29) is 30.5 Å². The summed E-state index contributed by atoms with van der Waals surface area (Å²) in [5, 5.41) is 2.98. The van der Waals surface area contributed by atoms with Crippen molar-refractivity contribution in [2.24, 2.45) is 0 Å². The molecule has 0 radical (unpaired) electrons. The lowest BCUT2D eigenvalue weighted by Crippen LogP contribution is -2.51. The van der Waals surface area contributed by atoms with Gasteiger partial charge in [0.15, 0.2) is 0 Å². The smallest absolute Gasteiger partial charge is 0.224 e. The zero-order valence-electron chi connectivity index (χ0n) is 9.66. The van der Waals surface area contributed by atoms with E-state index in [0.717, 1.165) is 13.1 Å². The molecule has 5 heteroatoms. The maximum absolute atomic E-state index is 11.7. The lowest BCUT2D eigenvalue weighted by atomic mass is 10.1. The molecule has 1 heterocycles. The summed E-state index contributed by atoms with van der Waals surface area (Å²) in [6.07, 6.45) is 0.732. The van der Waals surface area contributed by atoms with Crippen molar-refractivity contribution in [3.8, 4) is 0 Å². The third-order valence-electron chi connectivity index (χ3n) is 2.79. The Kier molecular flexibility index (Phi) is 6.89. The van der Waals surface area contributed by atoms with Gasteiger partial charge in [0.2, 0.25) is 5.91 Å².